The van der Waals surface area contributed by atoms with E-state index >= 15 is 0 Å². The fourth-order valence-electron chi connectivity index (χ4n) is 1.75. The van der Waals surface area contributed by atoms with Crippen LogP contribution in [0, 0.1) is 0 Å². The quantitative estimate of drug-likeness (QED) is 0.721. The lowest BCUT2D eigenvalue weighted by atomic mass is 10.4. The van der Waals surface area contributed by atoms with Crippen molar-refractivity contribution in [2.24, 2.45) is 0 Å². The summed E-state index contributed by atoms with van der Waals surface area (Å²) in [4.78, 5) is 0. The van der Waals surface area contributed by atoms with E-state index in [1.807, 2.05) is 18.7 Å². The van der Waals surface area contributed by atoms with Crippen LogP contribution in [0.15, 0.2) is 0 Å². The highest BCUT2D eigenvalue weighted by atomic mass is 32.2. The molecule has 1 N–H and O–H groups in total. The second-order valence-corrected chi connectivity index (χ2v) is 7.29. The molecule has 0 radical (unpaired) electrons. The van der Waals surface area contributed by atoms with Gasteiger partial charge < -0.3 is 5.32 Å². The van der Waals surface area contributed by atoms with Gasteiger partial charge in [-0.2, -0.15) is 16.1 Å². The Kier molecular flexibility index (Phi) is 6.10. The second-order valence-electron chi connectivity index (χ2n) is 4.10. The summed E-state index contributed by atoms with van der Waals surface area (Å²) in [5.74, 6) is 2.07. The maximum atomic E-state index is 12.0. The summed E-state index contributed by atoms with van der Waals surface area (Å²) in [5, 5.41) is 3.13. The van der Waals surface area contributed by atoms with Gasteiger partial charge in [0.2, 0.25) is 10.0 Å². The van der Waals surface area contributed by atoms with Crippen molar-refractivity contribution in [2.45, 2.75) is 26.3 Å². The van der Waals surface area contributed by atoms with E-state index in [0.29, 0.717) is 13.1 Å². The van der Waals surface area contributed by atoms with Crippen LogP contribution < -0.4 is 5.32 Å². The molecule has 1 aliphatic heterocycles. The predicted octanol–water partition coefficient (Wildman–Crippen LogP) is 0.753. The van der Waals surface area contributed by atoms with Gasteiger partial charge in [0.15, 0.2) is 0 Å². The van der Waals surface area contributed by atoms with E-state index in [0.717, 1.165) is 24.5 Å². The van der Waals surface area contributed by atoms with Crippen molar-refractivity contribution < 1.29 is 8.42 Å². The fourth-order valence-corrected chi connectivity index (χ4v) is 4.60. The first-order chi connectivity index (χ1) is 7.58. The largest absolute Gasteiger partial charge is 0.316 e. The molecule has 1 aliphatic rings. The Hall–Kier alpha value is 0.220. The number of hydrogen-bond acceptors (Lipinski definition) is 4. The molecule has 16 heavy (non-hydrogen) atoms. The maximum Gasteiger partial charge on any atom is 0.215 e. The first-order valence-corrected chi connectivity index (χ1v) is 8.62. The van der Waals surface area contributed by atoms with E-state index in [1.165, 1.54) is 0 Å². The first-order valence-electron chi connectivity index (χ1n) is 5.86. The Morgan fingerprint density at radius 1 is 1.44 bits per heavy atom. The molecule has 96 valence electrons. The van der Waals surface area contributed by atoms with Crippen molar-refractivity contribution in [3.63, 3.8) is 0 Å². The van der Waals surface area contributed by atoms with Crippen LogP contribution in [-0.4, -0.2) is 55.7 Å². The van der Waals surface area contributed by atoms with Crippen molar-refractivity contribution >= 4 is 21.8 Å². The van der Waals surface area contributed by atoms with Crippen LogP contribution >= 0.6 is 11.8 Å². The Bertz CT molecular complexity index is 293. The first kappa shape index (κ1) is 14.3. The van der Waals surface area contributed by atoms with Gasteiger partial charge in [0.1, 0.15) is 0 Å². The normalized spacial score (nSPS) is 23.5. The van der Waals surface area contributed by atoms with Gasteiger partial charge in [-0.3, -0.25) is 0 Å². The third kappa shape index (κ3) is 4.24. The maximum absolute atomic E-state index is 12.0. The van der Waals surface area contributed by atoms with Crippen LogP contribution in [0.25, 0.3) is 0 Å². The van der Waals surface area contributed by atoms with E-state index in [-0.39, 0.29) is 11.8 Å². The van der Waals surface area contributed by atoms with Crippen LogP contribution in [0.3, 0.4) is 0 Å². The van der Waals surface area contributed by atoms with Crippen molar-refractivity contribution in [1.82, 2.24) is 9.62 Å². The molecule has 0 aliphatic carbocycles. The zero-order valence-corrected chi connectivity index (χ0v) is 11.7. The predicted molar refractivity (Wildman–Crippen MR) is 70.4 cm³/mol. The summed E-state index contributed by atoms with van der Waals surface area (Å²) >= 11 is 1.83. The molecule has 6 heteroatoms. The smallest absolute Gasteiger partial charge is 0.215 e. The minimum atomic E-state index is -3.06. The van der Waals surface area contributed by atoms with Gasteiger partial charge in [-0.05, 0) is 19.9 Å². The highest BCUT2D eigenvalue weighted by molar-refractivity contribution is 7.99. The minimum Gasteiger partial charge on any atom is -0.316 e. The molecule has 0 bridgehead atoms. The highest BCUT2D eigenvalue weighted by Crippen LogP contribution is 2.19. The van der Waals surface area contributed by atoms with Gasteiger partial charge in [-0.25, -0.2) is 8.42 Å². The number of sulfonamides is 1. The lowest BCUT2D eigenvalue weighted by molar-refractivity contribution is 0.367. The standard InChI is InChI=1S/C10H22N2O2S2/c1-3-4-11-5-8-16(13,14)12-6-7-15-9-10(12)2/h10-11H,3-9H2,1-2H3. The van der Waals surface area contributed by atoms with Crippen LogP contribution in [0.1, 0.15) is 20.3 Å². The lowest BCUT2D eigenvalue weighted by Gasteiger charge is -2.31. The fraction of sp³-hybridized carbons (Fsp3) is 1.00. The summed E-state index contributed by atoms with van der Waals surface area (Å²) in [7, 11) is -3.06. The molecule has 1 fully saturated rings. The number of nitrogens with one attached hydrogen (secondary N) is 1. The molecule has 0 aromatic rings. The molecule has 0 saturated carbocycles. The van der Waals surface area contributed by atoms with Crippen LogP contribution in [-0.2, 0) is 10.0 Å². The van der Waals surface area contributed by atoms with E-state index < -0.39 is 10.0 Å². The second kappa shape index (κ2) is 6.83. The van der Waals surface area contributed by atoms with Gasteiger partial charge in [-0.15, -0.1) is 0 Å². The summed E-state index contributed by atoms with van der Waals surface area (Å²) < 4.78 is 25.7. The number of rotatable bonds is 6. The molecule has 1 saturated heterocycles. The molecule has 4 nitrogen and oxygen atoms in total. The molecule has 1 unspecified atom stereocenters. The van der Waals surface area contributed by atoms with Crippen molar-refractivity contribution in [3.8, 4) is 0 Å². The number of hydrogen-bond donors (Lipinski definition) is 1. The molecule has 0 aromatic heterocycles. The van der Waals surface area contributed by atoms with E-state index in [2.05, 4.69) is 12.2 Å². The van der Waals surface area contributed by atoms with Gasteiger partial charge in [0.25, 0.3) is 0 Å². The number of thioether (sulfide) groups is 1. The van der Waals surface area contributed by atoms with Gasteiger partial charge in [0.05, 0.1) is 5.75 Å². The summed E-state index contributed by atoms with van der Waals surface area (Å²) in [5.41, 5.74) is 0. The molecule has 1 heterocycles. The average molecular weight is 266 g/mol. The lowest BCUT2D eigenvalue weighted by Crippen LogP contribution is -2.46. The van der Waals surface area contributed by atoms with Gasteiger partial charge >= 0.3 is 0 Å². The summed E-state index contributed by atoms with van der Waals surface area (Å²) in [6.45, 7) is 6.18. The minimum absolute atomic E-state index is 0.148. The zero-order valence-electron chi connectivity index (χ0n) is 10.1. The van der Waals surface area contributed by atoms with E-state index in [4.69, 9.17) is 0 Å². The summed E-state index contributed by atoms with van der Waals surface area (Å²) in [6.07, 6.45) is 1.04. The SMILES string of the molecule is CCCNCCS(=O)(=O)N1CCSCC1C. The Morgan fingerprint density at radius 2 is 2.19 bits per heavy atom. The molecule has 0 aromatic carbocycles. The number of nitrogens with zero attached hydrogens (tertiary/aromatic N) is 1. The van der Waals surface area contributed by atoms with Crippen LogP contribution in [0.4, 0.5) is 0 Å². The van der Waals surface area contributed by atoms with E-state index in [9.17, 15) is 8.42 Å². The third-order valence-electron chi connectivity index (χ3n) is 2.63. The molecule has 0 spiro atoms. The molecule has 1 atom stereocenters. The van der Waals surface area contributed by atoms with Crippen molar-refractivity contribution in [2.75, 3.05) is 36.9 Å². The monoisotopic (exact) mass is 266 g/mol. The van der Waals surface area contributed by atoms with Crippen LogP contribution in [0.5, 0.6) is 0 Å². The van der Waals surface area contributed by atoms with Crippen molar-refractivity contribution in [1.29, 1.82) is 0 Å². The zero-order chi connectivity index (χ0) is 12.0. The topological polar surface area (TPSA) is 49.4 Å². The summed E-state index contributed by atoms with van der Waals surface area (Å²) in [6, 6.07) is 0.148. The Labute approximate surface area is 103 Å². The Morgan fingerprint density at radius 3 is 2.81 bits per heavy atom. The highest BCUT2D eigenvalue weighted by Gasteiger charge is 2.28. The van der Waals surface area contributed by atoms with E-state index in [1.54, 1.807) is 4.31 Å². The van der Waals surface area contributed by atoms with Crippen LogP contribution in [0.2, 0.25) is 0 Å². The Balaban J connectivity index is 2.42. The van der Waals surface area contributed by atoms with Gasteiger partial charge in [-0.1, -0.05) is 6.92 Å². The van der Waals surface area contributed by atoms with Gasteiger partial charge in [0, 0.05) is 30.6 Å². The molecule has 1 rings (SSSR count). The van der Waals surface area contributed by atoms with Crippen molar-refractivity contribution in [3.05, 3.63) is 0 Å². The molecular weight excluding hydrogens is 244 g/mol. The third-order valence-corrected chi connectivity index (χ3v) is 5.79. The molecular formula is C10H22N2O2S2. The molecule has 0 amide bonds. The average Bonchev–Trinajstić information content (AvgIpc) is 2.25.